The Bertz CT molecular complexity index is 673. The highest BCUT2D eigenvalue weighted by atomic mass is 79.9. The maximum Gasteiger partial charge on any atom is 0.255 e. The van der Waals surface area contributed by atoms with Crippen molar-refractivity contribution in [2.24, 2.45) is 0 Å². The van der Waals surface area contributed by atoms with Gasteiger partial charge in [-0.25, -0.2) is 4.98 Å². The van der Waals surface area contributed by atoms with Gasteiger partial charge in [0.1, 0.15) is 5.82 Å². The number of nitrogens with one attached hydrogen (secondary N) is 2. The van der Waals surface area contributed by atoms with Gasteiger partial charge < -0.3 is 10.6 Å². The minimum absolute atomic E-state index is 0.142. The fraction of sp³-hybridized carbons (Fsp3) is 0.294. The van der Waals surface area contributed by atoms with Crippen LogP contribution in [0.3, 0.4) is 0 Å². The molecule has 1 aromatic heterocycles. The lowest BCUT2D eigenvalue weighted by Gasteiger charge is -2.13. The summed E-state index contributed by atoms with van der Waals surface area (Å²) >= 11 is 3.45. The molecule has 0 spiro atoms. The lowest BCUT2D eigenvalue weighted by molar-refractivity contribution is 0.102. The van der Waals surface area contributed by atoms with Crippen molar-refractivity contribution in [2.75, 3.05) is 10.6 Å². The fourth-order valence-electron chi connectivity index (χ4n) is 1.93. The Morgan fingerprint density at radius 3 is 2.77 bits per heavy atom. The number of halogens is 1. The number of carbonyl (C=O) groups is 1. The number of amides is 1. The topological polar surface area (TPSA) is 54.0 Å². The third-order valence-electron chi connectivity index (χ3n) is 3.44. The number of aromatic nitrogens is 1. The SMILES string of the molecule is CCC(C)Nc1cc(C(=O)Nc2ccc(Br)c(C)c2)ccn1. The Morgan fingerprint density at radius 1 is 1.32 bits per heavy atom. The molecule has 1 heterocycles. The van der Waals surface area contributed by atoms with Gasteiger partial charge >= 0.3 is 0 Å². The first-order valence-corrected chi connectivity index (χ1v) is 8.09. The Balaban J connectivity index is 2.12. The standard InChI is InChI=1S/C17H20BrN3O/c1-4-12(3)20-16-10-13(7-8-19-16)17(22)21-14-5-6-15(18)11(2)9-14/h5-10,12H,4H2,1-3H3,(H,19,20)(H,21,22). The van der Waals surface area contributed by atoms with Gasteiger partial charge in [0, 0.05) is 28.0 Å². The molecule has 0 aliphatic heterocycles. The van der Waals surface area contributed by atoms with Gasteiger partial charge in [-0.1, -0.05) is 22.9 Å². The summed E-state index contributed by atoms with van der Waals surface area (Å²) in [4.78, 5) is 16.6. The lowest BCUT2D eigenvalue weighted by atomic mass is 10.2. The third kappa shape index (κ3) is 4.31. The summed E-state index contributed by atoms with van der Waals surface area (Å²) in [5.41, 5.74) is 2.44. The average Bonchev–Trinajstić information content (AvgIpc) is 2.51. The Morgan fingerprint density at radius 2 is 2.09 bits per heavy atom. The quantitative estimate of drug-likeness (QED) is 0.816. The van der Waals surface area contributed by atoms with Gasteiger partial charge in [-0.15, -0.1) is 0 Å². The predicted molar refractivity (Wildman–Crippen MR) is 94.4 cm³/mol. The number of nitrogens with zero attached hydrogens (tertiary/aromatic N) is 1. The smallest absolute Gasteiger partial charge is 0.255 e. The Hall–Kier alpha value is -1.88. The van der Waals surface area contributed by atoms with E-state index in [2.05, 4.69) is 45.4 Å². The molecule has 22 heavy (non-hydrogen) atoms. The normalized spacial score (nSPS) is 11.8. The molecule has 0 aliphatic carbocycles. The minimum Gasteiger partial charge on any atom is -0.368 e. The zero-order chi connectivity index (χ0) is 16.1. The van der Waals surface area contributed by atoms with Gasteiger partial charge in [-0.2, -0.15) is 0 Å². The average molecular weight is 362 g/mol. The van der Waals surface area contributed by atoms with E-state index in [1.54, 1.807) is 18.3 Å². The molecule has 1 atom stereocenters. The van der Waals surface area contributed by atoms with Gasteiger partial charge in [0.2, 0.25) is 0 Å². The van der Waals surface area contributed by atoms with Crippen LogP contribution in [0.2, 0.25) is 0 Å². The van der Waals surface area contributed by atoms with Crippen LogP contribution in [0.1, 0.15) is 36.2 Å². The van der Waals surface area contributed by atoms with E-state index in [1.165, 1.54) is 0 Å². The van der Waals surface area contributed by atoms with Crippen molar-refractivity contribution < 1.29 is 4.79 Å². The molecule has 5 heteroatoms. The van der Waals surface area contributed by atoms with Gasteiger partial charge in [0.25, 0.3) is 5.91 Å². The molecule has 1 aromatic carbocycles. The Labute approximate surface area is 139 Å². The van der Waals surface area contributed by atoms with Crippen LogP contribution in [0.15, 0.2) is 41.0 Å². The fourth-order valence-corrected chi connectivity index (χ4v) is 2.18. The molecule has 0 saturated carbocycles. The first kappa shape index (κ1) is 16.5. The third-order valence-corrected chi connectivity index (χ3v) is 4.33. The first-order valence-electron chi connectivity index (χ1n) is 7.29. The van der Waals surface area contributed by atoms with Crippen LogP contribution in [0.25, 0.3) is 0 Å². The number of carbonyl (C=O) groups excluding carboxylic acids is 1. The zero-order valence-corrected chi connectivity index (χ0v) is 14.6. The summed E-state index contributed by atoms with van der Waals surface area (Å²) in [6, 6.07) is 9.53. The summed E-state index contributed by atoms with van der Waals surface area (Å²) in [5.74, 6) is 0.574. The van der Waals surface area contributed by atoms with Crippen molar-refractivity contribution in [1.82, 2.24) is 4.98 Å². The molecule has 0 bridgehead atoms. The first-order chi connectivity index (χ1) is 10.5. The van der Waals surface area contributed by atoms with Crippen molar-refractivity contribution in [3.63, 3.8) is 0 Å². The number of anilines is 2. The van der Waals surface area contributed by atoms with E-state index < -0.39 is 0 Å². The van der Waals surface area contributed by atoms with E-state index >= 15 is 0 Å². The van der Waals surface area contributed by atoms with E-state index in [0.717, 1.165) is 22.1 Å². The summed E-state index contributed by atoms with van der Waals surface area (Å²) < 4.78 is 1.02. The van der Waals surface area contributed by atoms with Crippen molar-refractivity contribution in [3.05, 3.63) is 52.1 Å². The molecular formula is C17H20BrN3O. The van der Waals surface area contributed by atoms with Crippen LogP contribution in [0.4, 0.5) is 11.5 Å². The number of rotatable bonds is 5. The van der Waals surface area contributed by atoms with Gasteiger partial charge in [0.15, 0.2) is 0 Å². The number of pyridine rings is 1. The molecule has 0 fully saturated rings. The van der Waals surface area contributed by atoms with Gasteiger partial charge in [0.05, 0.1) is 0 Å². The highest BCUT2D eigenvalue weighted by Crippen LogP contribution is 2.20. The zero-order valence-electron chi connectivity index (χ0n) is 13.0. The highest BCUT2D eigenvalue weighted by molar-refractivity contribution is 9.10. The molecule has 0 radical (unpaired) electrons. The molecule has 2 rings (SSSR count). The summed E-state index contributed by atoms with van der Waals surface area (Å²) in [5, 5.41) is 6.18. The van der Waals surface area contributed by atoms with Crippen LogP contribution >= 0.6 is 15.9 Å². The van der Waals surface area contributed by atoms with Crippen LogP contribution in [-0.2, 0) is 0 Å². The molecule has 2 N–H and O–H groups in total. The lowest BCUT2D eigenvalue weighted by Crippen LogP contribution is -2.16. The summed E-state index contributed by atoms with van der Waals surface area (Å²) in [6.07, 6.45) is 2.64. The maximum atomic E-state index is 12.3. The second-order valence-electron chi connectivity index (χ2n) is 5.30. The minimum atomic E-state index is -0.142. The second-order valence-corrected chi connectivity index (χ2v) is 6.16. The monoisotopic (exact) mass is 361 g/mol. The number of benzene rings is 1. The van der Waals surface area contributed by atoms with E-state index in [-0.39, 0.29) is 5.91 Å². The number of hydrogen-bond donors (Lipinski definition) is 2. The molecule has 1 unspecified atom stereocenters. The summed E-state index contributed by atoms with van der Waals surface area (Å²) in [7, 11) is 0. The van der Waals surface area contributed by atoms with E-state index in [0.29, 0.717) is 17.4 Å². The Kier molecular flexibility index (Phi) is 5.55. The van der Waals surface area contributed by atoms with E-state index in [1.807, 2.05) is 25.1 Å². The maximum absolute atomic E-state index is 12.3. The van der Waals surface area contributed by atoms with Crippen LogP contribution in [-0.4, -0.2) is 16.9 Å². The van der Waals surface area contributed by atoms with E-state index in [9.17, 15) is 4.79 Å². The van der Waals surface area contributed by atoms with E-state index in [4.69, 9.17) is 0 Å². The van der Waals surface area contributed by atoms with Crippen molar-refractivity contribution in [3.8, 4) is 0 Å². The predicted octanol–water partition coefficient (Wildman–Crippen LogP) is 4.62. The second kappa shape index (κ2) is 7.40. The van der Waals surface area contributed by atoms with Gasteiger partial charge in [-0.05, 0) is 56.2 Å². The molecule has 0 saturated heterocycles. The molecule has 2 aromatic rings. The van der Waals surface area contributed by atoms with Crippen molar-refractivity contribution in [2.45, 2.75) is 33.2 Å². The molecule has 116 valence electrons. The molecule has 0 aliphatic rings. The molecular weight excluding hydrogens is 342 g/mol. The largest absolute Gasteiger partial charge is 0.368 e. The van der Waals surface area contributed by atoms with Crippen LogP contribution in [0, 0.1) is 6.92 Å². The summed E-state index contributed by atoms with van der Waals surface area (Å²) in [6.45, 7) is 6.17. The van der Waals surface area contributed by atoms with Crippen molar-refractivity contribution >= 4 is 33.3 Å². The molecule has 4 nitrogen and oxygen atoms in total. The number of aryl methyl sites for hydroxylation is 1. The van der Waals surface area contributed by atoms with Crippen molar-refractivity contribution in [1.29, 1.82) is 0 Å². The van der Waals surface area contributed by atoms with Crippen LogP contribution in [0.5, 0.6) is 0 Å². The highest BCUT2D eigenvalue weighted by Gasteiger charge is 2.09. The molecule has 1 amide bonds. The van der Waals surface area contributed by atoms with Gasteiger partial charge in [-0.3, -0.25) is 4.79 Å². The van der Waals surface area contributed by atoms with Crippen LogP contribution < -0.4 is 10.6 Å². The number of hydrogen-bond acceptors (Lipinski definition) is 3.